The molecule has 1 rings (SSSR count). The largest absolute Gasteiger partial charge is 0.477 e. The molecule has 1 heterocycles. The molecule has 0 aliphatic carbocycles. The van der Waals surface area contributed by atoms with Crippen molar-refractivity contribution in [2.75, 3.05) is 27.2 Å². The van der Waals surface area contributed by atoms with Gasteiger partial charge in [-0.1, -0.05) is 6.07 Å². The molecule has 0 bridgehead atoms. The highest BCUT2D eigenvalue weighted by Gasteiger charge is 2.10. The van der Waals surface area contributed by atoms with Crippen molar-refractivity contribution < 1.29 is 19.5 Å². The number of aromatic carboxylic acids is 1. The predicted molar refractivity (Wildman–Crippen MR) is 70.6 cm³/mol. The van der Waals surface area contributed by atoms with Crippen molar-refractivity contribution in [2.24, 2.45) is 0 Å². The van der Waals surface area contributed by atoms with Crippen LogP contribution in [0.4, 0.5) is 4.79 Å². The Morgan fingerprint density at radius 3 is 2.35 bits per heavy atom. The molecule has 0 atom stereocenters. The third-order valence-corrected chi connectivity index (χ3v) is 2.29. The van der Waals surface area contributed by atoms with Crippen LogP contribution >= 0.6 is 0 Å². The van der Waals surface area contributed by atoms with Crippen LogP contribution in [0.5, 0.6) is 0 Å². The zero-order chi connectivity index (χ0) is 15.1. The van der Waals surface area contributed by atoms with Gasteiger partial charge in [0.05, 0.1) is 0 Å². The van der Waals surface area contributed by atoms with Crippen LogP contribution in [0.2, 0.25) is 0 Å². The van der Waals surface area contributed by atoms with E-state index in [0.29, 0.717) is 0 Å². The first-order chi connectivity index (χ1) is 9.41. The van der Waals surface area contributed by atoms with E-state index in [-0.39, 0.29) is 30.5 Å². The van der Waals surface area contributed by atoms with Crippen LogP contribution < -0.4 is 10.6 Å². The standard InChI is InChI=1S/C12H16N4O4/c1-16(2)12(20)14-7-6-13-10(17)8-4-3-5-9(15-8)11(18)19/h3-5H,6-7H2,1-2H3,(H,13,17)(H,14,20)(H,18,19). The van der Waals surface area contributed by atoms with Crippen LogP contribution in [-0.2, 0) is 0 Å². The van der Waals surface area contributed by atoms with Gasteiger partial charge < -0.3 is 20.6 Å². The normalized spacial score (nSPS) is 9.70. The molecule has 20 heavy (non-hydrogen) atoms. The van der Waals surface area contributed by atoms with Gasteiger partial charge in [0, 0.05) is 27.2 Å². The van der Waals surface area contributed by atoms with E-state index < -0.39 is 11.9 Å². The molecule has 0 unspecified atom stereocenters. The minimum absolute atomic E-state index is 0.0174. The van der Waals surface area contributed by atoms with E-state index in [1.165, 1.54) is 23.1 Å². The van der Waals surface area contributed by atoms with Gasteiger partial charge in [-0.3, -0.25) is 4.79 Å². The van der Waals surface area contributed by atoms with Crippen LogP contribution in [0, 0.1) is 0 Å². The van der Waals surface area contributed by atoms with Crippen LogP contribution in [0.1, 0.15) is 21.0 Å². The Labute approximate surface area is 115 Å². The molecule has 0 saturated heterocycles. The lowest BCUT2D eigenvalue weighted by atomic mass is 10.3. The second kappa shape index (κ2) is 7.07. The highest BCUT2D eigenvalue weighted by molar-refractivity contribution is 5.94. The molecular weight excluding hydrogens is 264 g/mol. The van der Waals surface area contributed by atoms with Gasteiger partial charge in [0.15, 0.2) is 0 Å². The molecule has 0 fully saturated rings. The van der Waals surface area contributed by atoms with Gasteiger partial charge >= 0.3 is 12.0 Å². The Balaban J connectivity index is 2.45. The van der Waals surface area contributed by atoms with Crippen molar-refractivity contribution in [3.63, 3.8) is 0 Å². The van der Waals surface area contributed by atoms with Gasteiger partial charge in [-0.05, 0) is 12.1 Å². The number of nitrogens with one attached hydrogen (secondary N) is 2. The Bertz CT molecular complexity index is 516. The highest BCUT2D eigenvalue weighted by atomic mass is 16.4. The van der Waals surface area contributed by atoms with E-state index in [4.69, 9.17) is 5.11 Å². The van der Waals surface area contributed by atoms with Crippen LogP contribution in [-0.4, -0.2) is 60.1 Å². The van der Waals surface area contributed by atoms with Gasteiger partial charge in [0.25, 0.3) is 5.91 Å². The SMILES string of the molecule is CN(C)C(=O)NCCNC(=O)c1cccc(C(=O)O)n1. The number of carboxylic acids is 1. The molecule has 0 aromatic carbocycles. The zero-order valence-corrected chi connectivity index (χ0v) is 11.2. The molecule has 3 N–H and O–H groups in total. The lowest BCUT2D eigenvalue weighted by Crippen LogP contribution is -2.39. The summed E-state index contributed by atoms with van der Waals surface area (Å²) in [6.07, 6.45) is 0. The number of carbonyl (C=O) groups is 3. The zero-order valence-electron chi connectivity index (χ0n) is 11.2. The van der Waals surface area contributed by atoms with Crippen molar-refractivity contribution in [1.82, 2.24) is 20.5 Å². The lowest BCUT2D eigenvalue weighted by molar-refractivity contribution is 0.0690. The predicted octanol–water partition coefficient (Wildman–Crippen LogP) is -0.219. The third-order valence-electron chi connectivity index (χ3n) is 2.29. The number of carbonyl (C=O) groups excluding carboxylic acids is 2. The summed E-state index contributed by atoms with van der Waals surface area (Å²) in [7, 11) is 3.21. The van der Waals surface area contributed by atoms with Gasteiger partial charge in [-0.2, -0.15) is 0 Å². The summed E-state index contributed by atoms with van der Waals surface area (Å²) < 4.78 is 0. The van der Waals surface area contributed by atoms with E-state index in [1.54, 1.807) is 14.1 Å². The smallest absolute Gasteiger partial charge is 0.354 e. The first kappa shape index (κ1) is 15.4. The van der Waals surface area contributed by atoms with Crippen molar-refractivity contribution in [3.05, 3.63) is 29.6 Å². The summed E-state index contributed by atoms with van der Waals surface area (Å²) in [6.45, 7) is 0.485. The van der Waals surface area contributed by atoms with E-state index in [2.05, 4.69) is 15.6 Å². The Hall–Kier alpha value is -2.64. The van der Waals surface area contributed by atoms with Crippen LogP contribution in [0.3, 0.4) is 0 Å². The molecular formula is C12H16N4O4. The number of urea groups is 1. The quantitative estimate of drug-likeness (QED) is 0.646. The van der Waals surface area contributed by atoms with E-state index in [0.717, 1.165) is 0 Å². The molecule has 3 amide bonds. The van der Waals surface area contributed by atoms with E-state index >= 15 is 0 Å². The number of hydrogen-bond donors (Lipinski definition) is 3. The number of hydrogen-bond acceptors (Lipinski definition) is 4. The third kappa shape index (κ3) is 4.56. The van der Waals surface area contributed by atoms with E-state index in [1.807, 2.05) is 0 Å². The Kier molecular flexibility index (Phi) is 5.45. The number of nitrogens with zero attached hydrogens (tertiary/aromatic N) is 2. The first-order valence-electron chi connectivity index (χ1n) is 5.85. The minimum atomic E-state index is -1.20. The minimum Gasteiger partial charge on any atom is -0.477 e. The molecule has 0 aliphatic rings. The molecule has 108 valence electrons. The number of pyridine rings is 1. The van der Waals surface area contributed by atoms with Crippen LogP contribution in [0.25, 0.3) is 0 Å². The van der Waals surface area contributed by atoms with Crippen LogP contribution in [0.15, 0.2) is 18.2 Å². The molecule has 8 heteroatoms. The monoisotopic (exact) mass is 280 g/mol. The number of amides is 3. The average Bonchev–Trinajstić information content (AvgIpc) is 2.43. The van der Waals surface area contributed by atoms with Crippen molar-refractivity contribution >= 4 is 17.9 Å². The second-order valence-corrected chi connectivity index (χ2v) is 4.10. The summed E-state index contributed by atoms with van der Waals surface area (Å²) in [5.41, 5.74) is -0.178. The molecule has 1 aromatic rings. The summed E-state index contributed by atoms with van der Waals surface area (Å²) in [6, 6.07) is 3.90. The fourth-order valence-electron chi connectivity index (χ4n) is 1.27. The van der Waals surface area contributed by atoms with E-state index in [9.17, 15) is 14.4 Å². The average molecular weight is 280 g/mol. The summed E-state index contributed by atoms with van der Waals surface area (Å²) >= 11 is 0. The first-order valence-corrected chi connectivity index (χ1v) is 5.85. The molecule has 0 saturated carbocycles. The molecule has 0 spiro atoms. The lowest BCUT2D eigenvalue weighted by Gasteiger charge is -2.12. The summed E-state index contributed by atoms with van der Waals surface area (Å²) in [4.78, 5) is 38.7. The maximum atomic E-state index is 11.7. The number of aromatic nitrogens is 1. The van der Waals surface area contributed by atoms with Crippen molar-refractivity contribution in [1.29, 1.82) is 0 Å². The Morgan fingerprint density at radius 2 is 1.75 bits per heavy atom. The molecule has 0 aliphatic heterocycles. The van der Waals surface area contributed by atoms with Gasteiger partial charge in [0.1, 0.15) is 11.4 Å². The molecule has 1 aromatic heterocycles. The number of rotatable bonds is 5. The number of carboxylic acid groups (broad SMARTS) is 1. The summed E-state index contributed by atoms with van der Waals surface area (Å²) in [5.74, 6) is -1.69. The molecule has 8 nitrogen and oxygen atoms in total. The maximum Gasteiger partial charge on any atom is 0.354 e. The van der Waals surface area contributed by atoms with Gasteiger partial charge in [-0.25, -0.2) is 14.6 Å². The maximum absolute atomic E-state index is 11.7. The molecule has 0 radical (unpaired) electrons. The van der Waals surface area contributed by atoms with Gasteiger partial charge in [-0.15, -0.1) is 0 Å². The highest BCUT2D eigenvalue weighted by Crippen LogP contribution is 1.99. The van der Waals surface area contributed by atoms with Crippen molar-refractivity contribution in [3.8, 4) is 0 Å². The van der Waals surface area contributed by atoms with Crippen molar-refractivity contribution in [2.45, 2.75) is 0 Å². The fourth-order valence-corrected chi connectivity index (χ4v) is 1.27. The summed E-state index contributed by atoms with van der Waals surface area (Å²) in [5, 5.41) is 13.9. The Morgan fingerprint density at radius 1 is 1.15 bits per heavy atom. The fraction of sp³-hybridized carbons (Fsp3) is 0.333. The second-order valence-electron chi connectivity index (χ2n) is 4.10. The van der Waals surface area contributed by atoms with Gasteiger partial charge in [0.2, 0.25) is 0 Å². The topological polar surface area (TPSA) is 112 Å².